The first-order valence-corrected chi connectivity index (χ1v) is 4.82. The molecule has 80 valence electrons. The second kappa shape index (κ2) is 3.42. The van der Waals surface area contributed by atoms with Crippen molar-refractivity contribution in [1.82, 2.24) is 4.98 Å². The summed E-state index contributed by atoms with van der Waals surface area (Å²) in [6.07, 6.45) is 1.59. The van der Waals surface area contributed by atoms with Crippen LogP contribution in [0, 0.1) is 16.5 Å². The van der Waals surface area contributed by atoms with Crippen LogP contribution in [-0.4, -0.2) is 26.8 Å². The molecule has 16 heavy (non-hydrogen) atoms. The zero-order valence-corrected chi connectivity index (χ0v) is 9.01. The number of nitrogens with zero attached hydrogens (tertiary/aromatic N) is 4. The van der Waals surface area contributed by atoms with Gasteiger partial charge < -0.3 is 5.21 Å². The zero-order chi connectivity index (χ0) is 11.8. The fourth-order valence-corrected chi connectivity index (χ4v) is 1.47. The molecule has 0 spiro atoms. The molecule has 1 aromatic rings. The molecule has 0 saturated carbocycles. The van der Waals surface area contributed by atoms with Crippen LogP contribution in [0.2, 0.25) is 0 Å². The number of rotatable bonds is 1. The Labute approximate surface area is 93.0 Å². The Bertz CT molecular complexity index is 523. The molecule has 2 rings (SSSR count). The van der Waals surface area contributed by atoms with Crippen molar-refractivity contribution in [2.24, 2.45) is 4.99 Å². The number of hydrogen-bond donors (Lipinski definition) is 0. The SMILES string of the molecule is CC1(C)C(C#N)=NC(c2ccccn2)=[N+]1[O-]. The largest absolute Gasteiger partial charge is 0.714 e. The molecule has 0 amide bonds. The van der Waals surface area contributed by atoms with E-state index in [1.807, 2.05) is 6.07 Å². The lowest BCUT2D eigenvalue weighted by molar-refractivity contribution is -0.512. The van der Waals surface area contributed by atoms with Crippen molar-refractivity contribution in [3.05, 3.63) is 35.3 Å². The topological polar surface area (TPSA) is 75.1 Å². The predicted molar refractivity (Wildman–Crippen MR) is 59.1 cm³/mol. The van der Waals surface area contributed by atoms with Gasteiger partial charge in [0, 0.05) is 6.20 Å². The Hall–Kier alpha value is -2.22. The third-order valence-electron chi connectivity index (χ3n) is 2.50. The smallest absolute Gasteiger partial charge is 0.349 e. The zero-order valence-electron chi connectivity index (χ0n) is 9.01. The van der Waals surface area contributed by atoms with Gasteiger partial charge in [-0.25, -0.2) is 9.72 Å². The van der Waals surface area contributed by atoms with E-state index in [9.17, 15) is 5.21 Å². The van der Waals surface area contributed by atoms with Crippen molar-refractivity contribution in [1.29, 1.82) is 5.26 Å². The van der Waals surface area contributed by atoms with Crippen molar-refractivity contribution in [2.75, 3.05) is 0 Å². The maximum Gasteiger partial charge on any atom is 0.349 e. The van der Waals surface area contributed by atoms with E-state index in [1.54, 1.807) is 38.2 Å². The minimum Gasteiger partial charge on any atom is -0.714 e. The molecule has 0 N–H and O–H groups in total. The summed E-state index contributed by atoms with van der Waals surface area (Å²) in [7, 11) is 0. The first-order valence-electron chi connectivity index (χ1n) is 4.82. The Morgan fingerprint density at radius 2 is 2.19 bits per heavy atom. The molecule has 1 aliphatic heterocycles. The van der Waals surface area contributed by atoms with Gasteiger partial charge >= 0.3 is 5.84 Å². The molecule has 0 aromatic carbocycles. The highest BCUT2D eigenvalue weighted by Gasteiger charge is 2.43. The van der Waals surface area contributed by atoms with E-state index in [0.717, 1.165) is 4.74 Å². The van der Waals surface area contributed by atoms with Crippen molar-refractivity contribution in [3.63, 3.8) is 0 Å². The van der Waals surface area contributed by atoms with E-state index in [1.165, 1.54) is 0 Å². The fraction of sp³-hybridized carbons (Fsp3) is 0.273. The fourth-order valence-electron chi connectivity index (χ4n) is 1.47. The lowest BCUT2D eigenvalue weighted by Gasteiger charge is -2.20. The lowest BCUT2D eigenvalue weighted by Crippen LogP contribution is -2.38. The monoisotopic (exact) mass is 214 g/mol. The molecule has 1 aliphatic rings. The quantitative estimate of drug-likeness (QED) is 0.518. The third kappa shape index (κ3) is 1.36. The Kier molecular flexibility index (Phi) is 2.20. The molecule has 5 nitrogen and oxygen atoms in total. The minimum atomic E-state index is -0.915. The first-order chi connectivity index (χ1) is 7.57. The first kappa shape index (κ1) is 10.3. The van der Waals surface area contributed by atoms with E-state index < -0.39 is 5.54 Å². The second-order valence-electron chi connectivity index (χ2n) is 3.96. The molecular weight excluding hydrogens is 204 g/mol. The van der Waals surface area contributed by atoms with Gasteiger partial charge in [0.1, 0.15) is 6.07 Å². The maximum atomic E-state index is 12.0. The molecule has 0 radical (unpaired) electrons. The number of hydroxylamine groups is 1. The van der Waals surface area contributed by atoms with Gasteiger partial charge in [-0.2, -0.15) is 5.26 Å². The van der Waals surface area contributed by atoms with E-state index in [0.29, 0.717) is 5.69 Å². The van der Waals surface area contributed by atoms with Gasteiger partial charge in [0.2, 0.25) is 0 Å². The second-order valence-corrected chi connectivity index (χ2v) is 3.96. The molecule has 0 fully saturated rings. The average Bonchev–Trinajstić information content (AvgIpc) is 2.52. The van der Waals surface area contributed by atoms with Crippen LogP contribution in [0.4, 0.5) is 0 Å². The summed E-state index contributed by atoms with van der Waals surface area (Å²) in [5, 5.41) is 20.9. The summed E-state index contributed by atoms with van der Waals surface area (Å²) >= 11 is 0. The molecule has 5 heteroatoms. The van der Waals surface area contributed by atoms with Gasteiger partial charge in [0.05, 0.1) is 0 Å². The molecule has 0 aliphatic carbocycles. The van der Waals surface area contributed by atoms with Gasteiger partial charge in [-0.15, -0.1) is 0 Å². The molecule has 0 bridgehead atoms. The van der Waals surface area contributed by atoms with Crippen LogP contribution in [0.25, 0.3) is 0 Å². The Balaban J connectivity index is 2.56. The summed E-state index contributed by atoms with van der Waals surface area (Å²) in [6.45, 7) is 3.33. The standard InChI is InChI=1S/C11H10N4O/c1-11(2)9(7-12)14-10(15(11)16)8-5-3-4-6-13-8/h3-6H,1-2H3. The number of pyridine rings is 1. The summed E-state index contributed by atoms with van der Waals surface area (Å²) in [5.74, 6) is 0.196. The lowest BCUT2D eigenvalue weighted by atomic mass is 10.0. The summed E-state index contributed by atoms with van der Waals surface area (Å²) in [4.78, 5) is 8.08. The molecule has 0 saturated heterocycles. The van der Waals surface area contributed by atoms with E-state index in [4.69, 9.17) is 5.26 Å². The number of aromatic nitrogens is 1. The van der Waals surface area contributed by atoms with E-state index >= 15 is 0 Å². The Morgan fingerprint density at radius 3 is 2.69 bits per heavy atom. The summed E-state index contributed by atoms with van der Waals surface area (Å²) in [5.41, 5.74) is -0.222. The number of aliphatic imine (C=N–C) groups is 1. The van der Waals surface area contributed by atoms with Crippen LogP contribution in [0.1, 0.15) is 19.5 Å². The number of amidine groups is 1. The van der Waals surface area contributed by atoms with Gasteiger partial charge in [0.25, 0.3) is 5.71 Å². The van der Waals surface area contributed by atoms with E-state index in [2.05, 4.69) is 9.98 Å². The van der Waals surface area contributed by atoms with Crippen LogP contribution in [0.5, 0.6) is 0 Å². The normalized spacial score (nSPS) is 18.2. The molecular formula is C11H10N4O. The average molecular weight is 214 g/mol. The summed E-state index contributed by atoms with van der Waals surface area (Å²) < 4.78 is 0.730. The molecule has 0 atom stereocenters. The van der Waals surface area contributed by atoms with Crippen molar-refractivity contribution in [3.8, 4) is 6.07 Å². The highest BCUT2D eigenvalue weighted by Crippen LogP contribution is 2.19. The van der Waals surface area contributed by atoms with Crippen molar-refractivity contribution < 1.29 is 4.74 Å². The third-order valence-corrected chi connectivity index (χ3v) is 2.50. The molecule has 0 unspecified atom stereocenters. The maximum absolute atomic E-state index is 12.0. The van der Waals surface area contributed by atoms with Crippen LogP contribution in [0.3, 0.4) is 0 Å². The van der Waals surface area contributed by atoms with Crippen LogP contribution in [0.15, 0.2) is 29.4 Å². The van der Waals surface area contributed by atoms with Crippen molar-refractivity contribution >= 4 is 11.5 Å². The highest BCUT2D eigenvalue weighted by atomic mass is 16.5. The Morgan fingerprint density at radius 1 is 1.44 bits per heavy atom. The van der Waals surface area contributed by atoms with Crippen molar-refractivity contribution in [2.45, 2.75) is 19.4 Å². The van der Waals surface area contributed by atoms with Crippen LogP contribution in [-0.2, 0) is 0 Å². The molecule has 2 heterocycles. The van der Waals surface area contributed by atoms with Gasteiger partial charge in [0.15, 0.2) is 11.2 Å². The highest BCUT2D eigenvalue weighted by molar-refractivity contribution is 6.15. The number of nitriles is 1. The summed E-state index contributed by atoms with van der Waals surface area (Å²) in [6, 6.07) is 7.17. The van der Waals surface area contributed by atoms with Gasteiger partial charge in [-0.1, -0.05) is 6.07 Å². The molecule has 1 aromatic heterocycles. The van der Waals surface area contributed by atoms with E-state index in [-0.39, 0.29) is 11.5 Å². The van der Waals surface area contributed by atoms with Crippen LogP contribution >= 0.6 is 0 Å². The number of hydrogen-bond acceptors (Lipinski definition) is 4. The minimum absolute atomic E-state index is 0.196. The van der Waals surface area contributed by atoms with Crippen LogP contribution < -0.4 is 0 Å². The predicted octanol–water partition coefficient (Wildman–Crippen LogP) is 1.10. The van der Waals surface area contributed by atoms with Gasteiger partial charge in [-0.3, -0.25) is 0 Å². The van der Waals surface area contributed by atoms with Gasteiger partial charge in [-0.05, 0) is 31.0 Å².